The molecule has 1 heterocycles. The zero-order chi connectivity index (χ0) is 17.8. The second kappa shape index (κ2) is 6.96. The minimum absolute atomic E-state index is 0.0272. The van der Waals surface area contributed by atoms with Crippen LogP contribution in [0, 0.1) is 0 Å². The number of hydrogen-bond donors (Lipinski definition) is 1. The third-order valence-electron chi connectivity index (χ3n) is 3.61. The number of esters is 2. The number of ether oxygens (including phenoxy) is 2. The topological polar surface area (TPSA) is 98.3 Å². The van der Waals surface area contributed by atoms with Gasteiger partial charge in [0.05, 0.1) is 18.1 Å². The predicted octanol–water partition coefficient (Wildman–Crippen LogP) is 2.07. The molecule has 2 aromatic carbocycles. The average molecular weight is 338 g/mol. The molecule has 0 amide bonds. The van der Waals surface area contributed by atoms with Gasteiger partial charge in [0.1, 0.15) is 6.61 Å². The summed E-state index contributed by atoms with van der Waals surface area (Å²) in [6.07, 6.45) is 0. The summed E-state index contributed by atoms with van der Waals surface area (Å²) in [6.45, 7) is -0.0429. The van der Waals surface area contributed by atoms with Gasteiger partial charge in [0.25, 0.3) is 5.56 Å². The lowest BCUT2D eigenvalue weighted by Crippen LogP contribution is -2.16. The first kappa shape index (κ1) is 16.4. The molecule has 3 rings (SSSR count). The van der Waals surface area contributed by atoms with E-state index in [-0.39, 0.29) is 17.9 Å². The number of benzene rings is 2. The summed E-state index contributed by atoms with van der Waals surface area (Å²) in [4.78, 5) is 35.6. The van der Waals surface area contributed by atoms with E-state index in [4.69, 9.17) is 4.74 Å². The van der Waals surface area contributed by atoms with E-state index in [2.05, 4.69) is 14.9 Å². The van der Waals surface area contributed by atoms with E-state index in [0.29, 0.717) is 21.9 Å². The molecule has 0 saturated heterocycles. The van der Waals surface area contributed by atoms with Gasteiger partial charge in [0.2, 0.25) is 0 Å². The molecule has 25 heavy (non-hydrogen) atoms. The Labute approximate surface area is 142 Å². The molecule has 0 fully saturated rings. The molecule has 0 unspecified atom stereocenters. The average Bonchev–Trinajstić information content (AvgIpc) is 2.66. The van der Waals surface area contributed by atoms with Crippen molar-refractivity contribution in [2.24, 2.45) is 0 Å². The number of nitrogens with zero attached hydrogens (tertiary/aromatic N) is 1. The highest BCUT2D eigenvalue weighted by Crippen LogP contribution is 2.14. The monoisotopic (exact) mass is 338 g/mol. The van der Waals surface area contributed by atoms with Gasteiger partial charge in [-0.1, -0.05) is 30.3 Å². The van der Waals surface area contributed by atoms with Crippen LogP contribution in [0.1, 0.15) is 26.4 Å². The van der Waals surface area contributed by atoms with Gasteiger partial charge in [-0.25, -0.2) is 14.7 Å². The zero-order valence-corrected chi connectivity index (χ0v) is 13.3. The van der Waals surface area contributed by atoms with Gasteiger partial charge in [0, 0.05) is 5.39 Å². The smallest absolute Gasteiger partial charge is 0.359 e. The first-order valence-corrected chi connectivity index (χ1v) is 7.42. The van der Waals surface area contributed by atoms with Crippen molar-refractivity contribution in [3.05, 3.63) is 75.7 Å². The number of rotatable bonds is 4. The number of hydrogen-bond acceptors (Lipinski definition) is 6. The van der Waals surface area contributed by atoms with Gasteiger partial charge in [-0.15, -0.1) is 0 Å². The molecule has 0 aliphatic carbocycles. The van der Waals surface area contributed by atoms with E-state index in [0.717, 1.165) is 0 Å². The van der Waals surface area contributed by atoms with Gasteiger partial charge in [-0.3, -0.25) is 4.79 Å². The van der Waals surface area contributed by atoms with Crippen LogP contribution in [0.4, 0.5) is 0 Å². The Morgan fingerprint density at radius 3 is 2.56 bits per heavy atom. The van der Waals surface area contributed by atoms with E-state index in [9.17, 15) is 14.4 Å². The quantitative estimate of drug-likeness (QED) is 0.731. The highest BCUT2D eigenvalue weighted by molar-refractivity contribution is 6.02. The van der Waals surface area contributed by atoms with E-state index in [1.165, 1.54) is 7.11 Å². The molecule has 0 radical (unpaired) electrons. The number of nitrogens with one attached hydrogen (secondary N) is 1. The normalized spacial score (nSPS) is 10.4. The molecule has 0 saturated carbocycles. The second-order valence-corrected chi connectivity index (χ2v) is 5.22. The third kappa shape index (κ3) is 3.40. The highest BCUT2D eigenvalue weighted by atomic mass is 16.5. The fourth-order valence-electron chi connectivity index (χ4n) is 2.39. The number of H-pyrrole nitrogens is 1. The zero-order valence-electron chi connectivity index (χ0n) is 13.3. The van der Waals surface area contributed by atoms with E-state index in [1.807, 2.05) is 0 Å². The Balaban J connectivity index is 1.81. The van der Waals surface area contributed by atoms with E-state index in [1.54, 1.807) is 48.5 Å². The number of methoxy groups -OCH3 is 1. The van der Waals surface area contributed by atoms with Crippen LogP contribution in [-0.4, -0.2) is 29.2 Å². The summed E-state index contributed by atoms with van der Waals surface area (Å²) in [5.41, 5.74) is 0.644. The molecule has 126 valence electrons. The van der Waals surface area contributed by atoms with Crippen LogP contribution in [0.15, 0.2) is 53.3 Å². The van der Waals surface area contributed by atoms with Gasteiger partial charge < -0.3 is 9.47 Å². The Hall–Kier alpha value is -3.48. The van der Waals surface area contributed by atoms with Crippen molar-refractivity contribution in [2.45, 2.75) is 6.61 Å². The molecule has 0 spiro atoms. The van der Waals surface area contributed by atoms with E-state index >= 15 is 0 Å². The van der Waals surface area contributed by atoms with Crippen molar-refractivity contribution in [1.29, 1.82) is 0 Å². The highest BCUT2D eigenvalue weighted by Gasteiger charge is 2.16. The maximum Gasteiger partial charge on any atom is 0.359 e. The maximum atomic E-state index is 12.3. The van der Waals surface area contributed by atoms with Crippen LogP contribution in [0.2, 0.25) is 0 Å². The molecule has 0 atom stereocenters. The summed E-state index contributed by atoms with van der Waals surface area (Å²) < 4.78 is 9.91. The SMILES string of the molecule is COC(=O)c1cccc(COC(=O)c2n[nH]c(=O)c3ccccc23)c1. The number of fused-ring (bicyclic) bond motifs is 1. The van der Waals surface area contributed by atoms with Crippen molar-refractivity contribution >= 4 is 22.7 Å². The number of carbonyl (C=O) groups excluding carboxylic acids is 2. The van der Waals surface area contributed by atoms with Crippen molar-refractivity contribution in [3.8, 4) is 0 Å². The molecule has 0 bridgehead atoms. The molecular formula is C18H14N2O5. The molecule has 3 aromatic rings. The minimum atomic E-state index is -0.670. The largest absolute Gasteiger partial charge is 0.465 e. The van der Waals surface area contributed by atoms with Crippen LogP contribution in [0.25, 0.3) is 10.8 Å². The fraction of sp³-hybridized carbons (Fsp3) is 0.111. The van der Waals surface area contributed by atoms with Crippen LogP contribution in [0.5, 0.6) is 0 Å². The standard InChI is InChI=1S/C18H14N2O5/c1-24-17(22)12-6-4-5-11(9-12)10-25-18(23)15-13-7-2-3-8-14(13)16(21)20-19-15/h2-9H,10H2,1H3,(H,20,21). The Kier molecular flexibility index (Phi) is 4.56. The van der Waals surface area contributed by atoms with Gasteiger partial charge >= 0.3 is 11.9 Å². The number of aromatic nitrogens is 2. The molecular weight excluding hydrogens is 324 g/mol. The summed E-state index contributed by atoms with van der Waals surface area (Å²) in [6, 6.07) is 13.2. The van der Waals surface area contributed by atoms with Crippen LogP contribution in [0.3, 0.4) is 0 Å². The summed E-state index contributed by atoms with van der Waals surface area (Å²) in [7, 11) is 1.29. The Morgan fingerprint density at radius 1 is 1.04 bits per heavy atom. The maximum absolute atomic E-state index is 12.3. The van der Waals surface area contributed by atoms with Gasteiger partial charge in [-0.05, 0) is 23.8 Å². The number of aromatic amines is 1. The second-order valence-electron chi connectivity index (χ2n) is 5.22. The molecule has 0 aliphatic rings. The van der Waals surface area contributed by atoms with Gasteiger partial charge in [0.15, 0.2) is 5.69 Å². The predicted molar refractivity (Wildman–Crippen MR) is 89.3 cm³/mol. The van der Waals surface area contributed by atoms with Crippen molar-refractivity contribution in [1.82, 2.24) is 10.2 Å². The Morgan fingerprint density at radius 2 is 1.80 bits per heavy atom. The Bertz CT molecular complexity index is 1010. The summed E-state index contributed by atoms with van der Waals surface area (Å²) >= 11 is 0. The van der Waals surface area contributed by atoms with Crippen LogP contribution < -0.4 is 5.56 Å². The molecule has 7 heteroatoms. The third-order valence-corrected chi connectivity index (χ3v) is 3.61. The lowest BCUT2D eigenvalue weighted by Gasteiger charge is -2.07. The lowest BCUT2D eigenvalue weighted by molar-refractivity contribution is 0.0467. The summed E-state index contributed by atoms with van der Waals surface area (Å²) in [5.74, 6) is -1.14. The molecule has 1 aromatic heterocycles. The minimum Gasteiger partial charge on any atom is -0.465 e. The summed E-state index contributed by atoms with van der Waals surface area (Å²) in [5, 5.41) is 6.85. The first-order valence-electron chi connectivity index (χ1n) is 7.42. The fourth-order valence-corrected chi connectivity index (χ4v) is 2.39. The number of carbonyl (C=O) groups is 2. The molecule has 0 aliphatic heterocycles. The van der Waals surface area contributed by atoms with Gasteiger partial charge in [-0.2, -0.15) is 5.10 Å². The lowest BCUT2D eigenvalue weighted by atomic mass is 10.1. The first-order chi connectivity index (χ1) is 12.1. The van der Waals surface area contributed by atoms with E-state index < -0.39 is 11.9 Å². The van der Waals surface area contributed by atoms with Crippen molar-refractivity contribution < 1.29 is 19.1 Å². The van der Waals surface area contributed by atoms with Crippen LogP contribution >= 0.6 is 0 Å². The van der Waals surface area contributed by atoms with Crippen molar-refractivity contribution in [3.63, 3.8) is 0 Å². The molecule has 1 N–H and O–H groups in total. The molecule has 7 nitrogen and oxygen atoms in total. The van der Waals surface area contributed by atoms with Crippen LogP contribution in [-0.2, 0) is 16.1 Å². The van der Waals surface area contributed by atoms with Crippen molar-refractivity contribution in [2.75, 3.05) is 7.11 Å².